The molecule has 1 aliphatic rings. The van der Waals surface area contributed by atoms with Crippen molar-refractivity contribution in [3.8, 4) is 0 Å². The van der Waals surface area contributed by atoms with Gasteiger partial charge in [0.05, 0.1) is 12.1 Å². The van der Waals surface area contributed by atoms with Crippen LogP contribution in [0.15, 0.2) is 42.6 Å². The fraction of sp³-hybridized carbons (Fsp3) is 0.381. The Bertz CT molecular complexity index is 821. The van der Waals surface area contributed by atoms with E-state index in [1.165, 1.54) is 0 Å². The molecule has 2 heterocycles. The number of carbonyl (C=O) groups is 2. The number of piperazine rings is 1. The van der Waals surface area contributed by atoms with Gasteiger partial charge in [-0.2, -0.15) is 0 Å². The van der Waals surface area contributed by atoms with Crippen molar-refractivity contribution in [2.75, 3.05) is 39.3 Å². The molecule has 1 aromatic heterocycles. The van der Waals surface area contributed by atoms with Crippen LogP contribution in [0, 0.1) is 0 Å². The van der Waals surface area contributed by atoms with Crippen LogP contribution < -0.4 is 5.32 Å². The third-order valence-electron chi connectivity index (χ3n) is 4.69. The van der Waals surface area contributed by atoms with Gasteiger partial charge in [0.25, 0.3) is 0 Å². The molecule has 0 aliphatic carbocycles. The van der Waals surface area contributed by atoms with Crippen molar-refractivity contribution in [3.63, 3.8) is 0 Å². The molecule has 1 fully saturated rings. The number of pyridine rings is 1. The van der Waals surface area contributed by atoms with Gasteiger partial charge >= 0.3 is 0 Å². The molecule has 0 spiro atoms. The summed E-state index contributed by atoms with van der Waals surface area (Å²) in [5.41, 5.74) is 1.83. The standard InChI is InChI=1S/C21H26N4O2/c1-2-10-22-19(26)16-24-12-14-25(15-13-24)20(27)9-8-18-6-3-5-17-7-4-11-23-21(17)18/h3-9,11H,2,10,12-16H2,1H3,(H,22,26)/b9-8+. The molecule has 0 saturated carbocycles. The quantitative estimate of drug-likeness (QED) is 0.794. The molecule has 1 aromatic carbocycles. The predicted octanol–water partition coefficient (Wildman–Crippen LogP) is 1.92. The van der Waals surface area contributed by atoms with Gasteiger partial charge in [-0.3, -0.25) is 19.5 Å². The van der Waals surface area contributed by atoms with Gasteiger partial charge in [-0.25, -0.2) is 0 Å². The van der Waals surface area contributed by atoms with Gasteiger partial charge < -0.3 is 10.2 Å². The van der Waals surface area contributed by atoms with Crippen molar-refractivity contribution in [1.82, 2.24) is 20.1 Å². The van der Waals surface area contributed by atoms with E-state index in [2.05, 4.69) is 15.2 Å². The van der Waals surface area contributed by atoms with E-state index in [-0.39, 0.29) is 11.8 Å². The van der Waals surface area contributed by atoms with Gasteiger partial charge in [0.2, 0.25) is 11.8 Å². The number of hydrogen-bond donors (Lipinski definition) is 1. The number of para-hydroxylation sites is 1. The highest BCUT2D eigenvalue weighted by molar-refractivity contribution is 5.95. The Balaban J connectivity index is 1.53. The highest BCUT2D eigenvalue weighted by atomic mass is 16.2. The smallest absolute Gasteiger partial charge is 0.246 e. The molecule has 27 heavy (non-hydrogen) atoms. The fourth-order valence-electron chi connectivity index (χ4n) is 3.18. The summed E-state index contributed by atoms with van der Waals surface area (Å²) in [5, 5.41) is 3.95. The summed E-state index contributed by atoms with van der Waals surface area (Å²) in [4.78, 5) is 32.6. The molecule has 6 nitrogen and oxygen atoms in total. The molecular formula is C21H26N4O2. The first-order valence-electron chi connectivity index (χ1n) is 9.47. The van der Waals surface area contributed by atoms with Gasteiger partial charge in [0, 0.05) is 55.9 Å². The Hall–Kier alpha value is -2.73. The molecule has 1 aliphatic heterocycles. The van der Waals surface area contributed by atoms with Crippen LogP contribution >= 0.6 is 0 Å². The molecular weight excluding hydrogens is 340 g/mol. The highest BCUT2D eigenvalue weighted by Crippen LogP contribution is 2.17. The summed E-state index contributed by atoms with van der Waals surface area (Å²) < 4.78 is 0. The second-order valence-corrected chi connectivity index (χ2v) is 6.71. The second kappa shape index (κ2) is 9.28. The lowest BCUT2D eigenvalue weighted by Crippen LogP contribution is -2.50. The van der Waals surface area contributed by atoms with Crippen molar-refractivity contribution in [2.45, 2.75) is 13.3 Å². The molecule has 1 saturated heterocycles. The minimum Gasteiger partial charge on any atom is -0.355 e. The summed E-state index contributed by atoms with van der Waals surface area (Å²) in [6.07, 6.45) is 6.15. The van der Waals surface area contributed by atoms with E-state index in [4.69, 9.17) is 0 Å². The van der Waals surface area contributed by atoms with E-state index in [0.717, 1.165) is 36.0 Å². The first-order valence-corrected chi connectivity index (χ1v) is 9.47. The lowest BCUT2D eigenvalue weighted by Gasteiger charge is -2.33. The number of nitrogens with zero attached hydrogens (tertiary/aromatic N) is 3. The normalized spacial score (nSPS) is 15.4. The summed E-state index contributed by atoms with van der Waals surface area (Å²) in [7, 11) is 0. The molecule has 0 unspecified atom stereocenters. The Labute approximate surface area is 159 Å². The zero-order valence-electron chi connectivity index (χ0n) is 15.7. The Morgan fingerprint density at radius 3 is 2.70 bits per heavy atom. The van der Waals surface area contributed by atoms with Crippen molar-refractivity contribution in [1.29, 1.82) is 0 Å². The molecule has 2 aromatic rings. The van der Waals surface area contributed by atoms with E-state index < -0.39 is 0 Å². The second-order valence-electron chi connectivity index (χ2n) is 6.71. The Morgan fingerprint density at radius 1 is 1.15 bits per heavy atom. The van der Waals surface area contributed by atoms with Gasteiger partial charge in [-0.1, -0.05) is 31.2 Å². The molecule has 142 valence electrons. The monoisotopic (exact) mass is 366 g/mol. The molecule has 0 bridgehead atoms. The Kier molecular flexibility index (Phi) is 6.54. The van der Waals surface area contributed by atoms with Crippen LogP contribution in [0.3, 0.4) is 0 Å². The molecule has 3 rings (SSSR count). The fourth-order valence-corrected chi connectivity index (χ4v) is 3.18. The third kappa shape index (κ3) is 5.14. The van der Waals surface area contributed by atoms with Crippen molar-refractivity contribution >= 4 is 28.8 Å². The average Bonchev–Trinajstić information content (AvgIpc) is 2.71. The average molecular weight is 366 g/mol. The van der Waals surface area contributed by atoms with Gasteiger partial charge in [0.15, 0.2) is 0 Å². The minimum absolute atomic E-state index is 0.00183. The van der Waals surface area contributed by atoms with E-state index in [1.54, 1.807) is 12.3 Å². The highest BCUT2D eigenvalue weighted by Gasteiger charge is 2.21. The number of carbonyl (C=O) groups excluding carboxylic acids is 2. The van der Waals surface area contributed by atoms with Crippen LogP contribution in [0.1, 0.15) is 18.9 Å². The van der Waals surface area contributed by atoms with Gasteiger partial charge in [-0.15, -0.1) is 0 Å². The van der Waals surface area contributed by atoms with Crippen LogP contribution in [0.2, 0.25) is 0 Å². The lowest BCUT2D eigenvalue weighted by atomic mass is 10.1. The minimum atomic E-state index is -0.00183. The van der Waals surface area contributed by atoms with E-state index in [1.807, 2.05) is 48.2 Å². The predicted molar refractivity (Wildman–Crippen MR) is 107 cm³/mol. The van der Waals surface area contributed by atoms with Crippen LogP contribution in [-0.2, 0) is 9.59 Å². The third-order valence-corrected chi connectivity index (χ3v) is 4.69. The maximum Gasteiger partial charge on any atom is 0.246 e. The maximum atomic E-state index is 12.5. The topological polar surface area (TPSA) is 65.5 Å². The number of fused-ring (bicyclic) bond motifs is 1. The summed E-state index contributed by atoms with van der Waals surface area (Å²) in [6.45, 7) is 5.86. The van der Waals surface area contributed by atoms with E-state index in [0.29, 0.717) is 26.2 Å². The summed E-state index contributed by atoms with van der Waals surface area (Å²) >= 11 is 0. The number of aromatic nitrogens is 1. The largest absolute Gasteiger partial charge is 0.355 e. The van der Waals surface area contributed by atoms with Crippen molar-refractivity contribution in [3.05, 3.63) is 48.2 Å². The van der Waals surface area contributed by atoms with Crippen LogP contribution in [-0.4, -0.2) is 65.9 Å². The van der Waals surface area contributed by atoms with E-state index in [9.17, 15) is 9.59 Å². The number of benzene rings is 1. The van der Waals surface area contributed by atoms with Crippen LogP contribution in [0.5, 0.6) is 0 Å². The number of nitrogens with one attached hydrogen (secondary N) is 1. The lowest BCUT2D eigenvalue weighted by molar-refractivity contribution is -0.128. The van der Waals surface area contributed by atoms with Gasteiger partial charge in [0.1, 0.15) is 0 Å². The van der Waals surface area contributed by atoms with E-state index >= 15 is 0 Å². The maximum absolute atomic E-state index is 12.5. The van der Waals surface area contributed by atoms with Crippen LogP contribution in [0.25, 0.3) is 17.0 Å². The van der Waals surface area contributed by atoms with Crippen molar-refractivity contribution < 1.29 is 9.59 Å². The van der Waals surface area contributed by atoms with Gasteiger partial charge in [-0.05, 0) is 18.6 Å². The summed E-state index contributed by atoms with van der Waals surface area (Å²) in [6, 6.07) is 9.86. The zero-order chi connectivity index (χ0) is 19.1. The summed E-state index contributed by atoms with van der Waals surface area (Å²) in [5.74, 6) is 0.0537. The molecule has 0 atom stereocenters. The first kappa shape index (κ1) is 19.0. The number of rotatable bonds is 6. The van der Waals surface area contributed by atoms with Crippen molar-refractivity contribution in [2.24, 2.45) is 0 Å². The number of hydrogen-bond acceptors (Lipinski definition) is 4. The van der Waals surface area contributed by atoms with Crippen LogP contribution in [0.4, 0.5) is 0 Å². The molecule has 2 amide bonds. The molecule has 0 radical (unpaired) electrons. The molecule has 1 N–H and O–H groups in total. The number of amides is 2. The zero-order valence-corrected chi connectivity index (χ0v) is 15.7. The SMILES string of the molecule is CCCNC(=O)CN1CCN(C(=O)/C=C/c2cccc3cccnc23)CC1. The first-order chi connectivity index (χ1) is 13.2. The Morgan fingerprint density at radius 2 is 1.93 bits per heavy atom. The molecule has 6 heteroatoms.